The molecule has 3 aromatic carbocycles. The van der Waals surface area contributed by atoms with Crippen molar-refractivity contribution in [3.63, 3.8) is 0 Å². The molecule has 10 heteroatoms. The predicted octanol–water partition coefficient (Wildman–Crippen LogP) is 7.95. The molecule has 1 heterocycles. The van der Waals surface area contributed by atoms with Crippen LogP contribution in [0.3, 0.4) is 0 Å². The van der Waals surface area contributed by atoms with Gasteiger partial charge in [0.25, 0.3) is 5.91 Å². The summed E-state index contributed by atoms with van der Waals surface area (Å²) in [4.78, 5) is 31.5. The molecule has 1 amide bonds. The van der Waals surface area contributed by atoms with Crippen molar-refractivity contribution in [3.8, 4) is 11.4 Å². The quantitative estimate of drug-likeness (QED) is 0.132. The standard InChI is InChI=1S/C35H33Cl2N3O5/c36-26-10-5-11-27(37)28(26)32-39-29(31(41)35-16-21-12-22(17-35)14-23(13-21)18-35)30(40(32)44)33(42)38-25-9-4-8-24(15-25)34(43)45-19-20-6-2-1-3-7-20/h1-11,15,21-23,31,41,44H,12-14,16-19H2,(H,38,42). The fraction of sp³-hybridized carbons (Fsp3) is 0.343. The molecule has 4 fully saturated rings. The van der Waals surface area contributed by atoms with Crippen molar-refractivity contribution in [3.05, 3.63) is 105 Å². The number of carbonyl (C=O) groups excluding carboxylic acids is 2. The maximum absolute atomic E-state index is 14.0. The van der Waals surface area contributed by atoms with Crippen LogP contribution in [0.25, 0.3) is 11.4 Å². The molecule has 8 nitrogen and oxygen atoms in total. The summed E-state index contributed by atoms with van der Waals surface area (Å²) in [6.45, 7) is 0.110. The van der Waals surface area contributed by atoms with E-state index >= 15 is 0 Å². The number of aromatic nitrogens is 2. The number of aliphatic hydroxyl groups excluding tert-OH is 1. The summed E-state index contributed by atoms with van der Waals surface area (Å²) in [5, 5.41) is 26.9. The molecule has 1 aromatic heterocycles. The van der Waals surface area contributed by atoms with E-state index in [1.807, 2.05) is 30.3 Å². The number of benzene rings is 3. The van der Waals surface area contributed by atoms with Gasteiger partial charge in [0, 0.05) is 11.1 Å². The minimum absolute atomic E-state index is 0.0345. The van der Waals surface area contributed by atoms with Gasteiger partial charge in [-0.3, -0.25) is 4.79 Å². The number of esters is 1. The number of nitrogens with zero attached hydrogens (tertiary/aromatic N) is 2. The molecule has 45 heavy (non-hydrogen) atoms. The van der Waals surface area contributed by atoms with Gasteiger partial charge in [-0.1, -0.05) is 65.7 Å². The van der Waals surface area contributed by atoms with Crippen LogP contribution in [-0.2, 0) is 11.3 Å². The van der Waals surface area contributed by atoms with E-state index in [9.17, 15) is 19.9 Å². The summed E-state index contributed by atoms with van der Waals surface area (Å²) in [5.74, 6) is 0.347. The van der Waals surface area contributed by atoms with Crippen molar-refractivity contribution in [2.75, 3.05) is 5.32 Å². The van der Waals surface area contributed by atoms with Crippen molar-refractivity contribution in [1.29, 1.82) is 0 Å². The number of rotatable bonds is 8. The van der Waals surface area contributed by atoms with Crippen LogP contribution in [0.15, 0.2) is 72.8 Å². The molecule has 4 aliphatic carbocycles. The van der Waals surface area contributed by atoms with Gasteiger partial charge in [0.2, 0.25) is 0 Å². The Labute approximate surface area is 270 Å². The monoisotopic (exact) mass is 645 g/mol. The van der Waals surface area contributed by atoms with Crippen LogP contribution in [-0.4, -0.2) is 31.9 Å². The van der Waals surface area contributed by atoms with Gasteiger partial charge < -0.3 is 20.4 Å². The van der Waals surface area contributed by atoms with Crippen molar-refractivity contribution in [2.45, 2.75) is 51.2 Å². The normalized spacial score (nSPS) is 23.9. The zero-order valence-electron chi connectivity index (χ0n) is 24.5. The molecule has 0 saturated heterocycles. The Balaban J connectivity index is 1.21. The number of aliphatic hydroxyl groups is 1. The number of carbonyl (C=O) groups is 2. The molecule has 232 valence electrons. The summed E-state index contributed by atoms with van der Waals surface area (Å²) in [7, 11) is 0. The number of imidazole rings is 1. The van der Waals surface area contributed by atoms with Gasteiger partial charge in [0.15, 0.2) is 11.5 Å². The van der Waals surface area contributed by atoms with Gasteiger partial charge in [-0.15, -0.1) is 0 Å². The van der Waals surface area contributed by atoms with Crippen molar-refractivity contribution < 1.29 is 24.6 Å². The van der Waals surface area contributed by atoms with E-state index in [4.69, 9.17) is 27.9 Å². The zero-order valence-corrected chi connectivity index (χ0v) is 26.0. The Morgan fingerprint density at radius 1 is 0.933 bits per heavy atom. The van der Waals surface area contributed by atoms with Crippen LogP contribution in [0.1, 0.15) is 76.7 Å². The van der Waals surface area contributed by atoms with Gasteiger partial charge in [-0.25, -0.2) is 9.78 Å². The average molecular weight is 647 g/mol. The third-order valence-electron chi connectivity index (χ3n) is 9.78. The molecule has 0 spiro atoms. The first-order chi connectivity index (χ1) is 21.7. The minimum Gasteiger partial charge on any atom is -0.457 e. The van der Waals surface area contributed by atoms with Crippen LogP contribution < -0.4 is 5.32 Å². The molecular formula is C35H33Cl2N3O5. The van der Waals surface area contributed by atoms with Crippen LogP contribution >= 0.6 is 23.2 Å². The lowest BCUT2D eigenvalue weighted by molar-refractivity contribution is -0.123. The van der Waals surface area contributed by atoms with E-state index in [0.29, 0.717) is 28.2 Å². The van der Waals surface area contributed by atoms with Gasteiger partial charge in [0.05, 0.1) is 21.2 Å². The van der Waals surface area contributed by atoms with E-state index in [0.717, 1.165) is 24.8 Å². The van der Waals surface area contributed by atoms with E-state index in [1.165, 1.54) is 25.3 Å². The topological polar surface area (TPSA) is 114 Å². The van der Waals surface area contributed by atoms with E-state index in [1.54, 1.807) is 36.4 Å². The molecule has 4 aliphatic rings. The summed E-state index contributed by atoms with van der Waals surface area (Å²) in [6.07, 6.45) is 5.02. The van der Waals surface area contributed by atoms with E-state index < -0.39 is 23.4 Å². The molecule has 8 rings (SSSR count). The van der Waals surface area contributed by atoms with Gasteiger partial charge in [0.1, 0.15) is 18.4 Å². The highest BCUT2D eigenvalue weighted by Gasteiger charge is 2.55. The lowest BCUT2D eigenvalue weighted by Crippen LogP contribution is -2.49. The second-order valence-corrected chi connectivity index (χ2v) is 13.7. The third kappa shape index (κ3) is 5.60. The number of ether oxygens (including phenoxy) is 1. The average Bonchev–Trinajstić information content (AvgIpc) is 3.35. The number of hydrogen-bond donors (Lipinski definition) is 3. The number of hydrogen-bond acceptors (Lipinski definition) is 6. The SMILES string of the molecule is O=C(OCc1ccccc1)c1cccc(NC(=O)c2c(C(O)C34CC5CC(CC(C5)C3)C4)nc(-c3c(Cl)cccc3Cl)n2O)c1. The number of anilines is 1. The Kier molecular flexibility index (Phi) is 7.84. The zero-order chi connectivity index (χ0) is 31.3. The lowest BCUT2D eigenvalue weighted by Gasteiger charge is -2.58. The molecule has 1 atom stereocenters. The molecule has 4 aromatic rings. The summed E-state index contributed by atoms with van der Waals surface area (Å²) in [5.41, 5.74) is 1.11. The second-order valence-electron chi connectivity index (χ2n) is 12.9. The van der Waals surface area contributed by atoms with Gasteiger partial charge >= 0.3 is 5.97 Å². The first-order valence-corrected chi connectivity index (χ1v) is 16.0. The van der Waals surface area contributed by atoms with E-state index in [2.05, 4.69) is 10.3 Å². The van der Waals surface area contributed by atoms with Crippen LogP contribution in [0.5, 0.6) is 0 Å². The highest BCUT2D eigenvalue weighted by Crippen LogP contribution is 2.64. The molecular weight excluding hydrogens is 613 g/mol. The predicted molar refractivity (Wildman–Crippen MR) is 170 cm³/mol. The van der Waals surface area contributed by atoms with Crippen LogP contribution in [0.4, 0.5) is 5.69 Å². The lowest BCUT2D eigenvalue weighted by atomic mass is 9.48. The highest BCUT2D eigenvalue weighted by atomic mass is 35.5. The second kappa shape index (κ2) is 11.8. The van der Waals surface area contributed by atoms with E-state index in [-0.39, 0.29) is 45.0 Å². The summed E-state index contributed by atoms with van der Waals surface area (Å²) >= 11 is 13.0. The highest BCUT2D eigenvalue weighted by molar-refractivity contribution is 6.39. The Morgan fingerprint density at radius 3 is 2.20 bits per heavy atom. The van der Waals surface area contributed by atoms with Crippen molar-refractivity contribution in [1.82, 2.24) is 9.71 Å². The summed E-state index contributed by atoms with van der Waals surface area (Å²) in [6, 6.07) is 20.6. The molecule has 0 aliphatic heterocycles. The van der Waals surface area contributed by atoms with Crippen molar-refractivity contribution in [2.24, 2.45) is 23.2 Å². The number of amides is 1. The summed E-state index contributed by atoms with van der Waals surface area (Å²) < 4.78 is 6.12. The Morgan fingerprint density at radius 2 is 1.56 bits per heavy atom. The Hall–Kier alpha value is -3.85. The third-order valence-corrected chi connectivity index (χ3v) is 10.4. The maximum atomic E-state index is 14.0. The fourth-order valence-electron chi connectivity index (χ4n) is 8.23. The minimum atomic E-state index is -1.08. The molecule has 3 N–H and O–H groups in total. The fourth-order valence-corrected chi connectivity index (χ4v) is 8.79. The van der Waals surface area contributed by atoms with Gasteiger partial charge in [-0.05, 0) is 92.2 Å². The molecule has 4 bridgehead atoms. The number of nitrogens with one attached hydrogen (secondary N) is 1. The van der Waals surface area contributed by atoms with Crippen LogP contribution in [0, 0.1) is 23.2 Å². The molecule has 0 radical (unpaired) electrons. The molecule has 4 saturated carbocycles. The molecule has 1 unspecified atom stereocenters. The first-order valence-electron chi connectivity index (χ1n) is 15.3. The van der Waals surface area contributed by atoms with Crippen molar-refractivity contribution >= 4 is 40.8 Å². The number of halogens is 2. The smallest absolute Gasteiger partial charge is 0.338 e. The van der Waals surface area contributed by atoms with Crippen LogP contribution in [0.2, 0.25) is 10.0 Å². The largest absolute Gasteiger partial charge is 0.457 e. The first kappa shape index (κ1) is 29.8. The van der Waals surface area contributed by atoms with Gasteiger partial charge in [-0.2, -0.15) is 4.73 Å². The Bertz CT molecular complexity index is 1720. The maximum Gasteiger partial charge on any atom is 0.338 e.